The number of amides is 1. The Bertz CT molecular complexity index is 320. The van der Waals surface area contributed by atoms with Crippen molar-refractivity contribution < 1.29 is 9.18 Å². The van der Waals surface area contributed by atoms with Crippen LogP contribution in [0.2, 0.25) is 0 Å². The van der Waals surface area contributed by atoms with Crippen LogP contribution in [0, 0.1) is 5.82 Å². The average Bonchev–Trinajstić information content (AvgIpc) is 2.53. The maximum atomic E-state index is 12.6. The molecule has 1 aliphatic rings. The summed E-state index contributed by atoms with van der Waals surface area (Å²) < 4.78 is 12.6. The van der Waals surface area contributed by atoms with Crippen LogP contribution < -0.4 is 5.32 Å². The molecule has 1 aliphatic heterocycles. The first-order chi connectivity index (χ1) is 6.25. The van der Waals surface area contributed by atoms with Crippen LogP contribution in [-0.2, 0) is 4.79 Å². The van der Waals surface area contributed by atoms with Gasteiger partial charge >= 0.3 is 0 Å². The van der Waals surface area contributed by atoms with Crippen LogP contribution in [0.5, 0.6) is 0 Å². The first kappa shape index (κ1) is 8.23. The fraction of sp³-hybridized carbons (Fsp3) is 0.300. The van der Waals surface area contributed by atoms with Crippen molar-refractivity contribution in [2.45, 2.75) is 18.9 Å². The fourth-order valence-corrected chi connectivity index (χ4v) is 1.56. The zero-order valence-electron chi connectivity index (χ0n) is 7.09. The van der Waals surface area contributed by atoms with Crippen LogP contribution in [-0.4, -0.2) is 5.91 Å². The smallest absolute Gasteiger partial charge is 0.220 e. The van der Waals surface area contributed by atoms with Crippen LogP contribution >= 0.6 is 0 Å². The number of rotatable bonds is 1. The number of halogens is 1. The second kappa shape index (κ2) is 3.17. The minimum Gasteiger partial charge on any atom is -0.349 e. The van der Waals surface area contributed by atoms with Gasteiger partial charge in [-0.25, -0.2) is 4.39 Å². The summed E-state index contributed by atoms with van der Waals surface area (Å²) in [5.74, 6) is -0.164. The van der Waals surface area contributed by atoms with E-state index >= 15 is 0 Å². The minimum atomic E-state index is -0.243. The summed E-state index contributed by atoms with van der Waals surface area (Å²) in [6.07, 6.45) is 1.38. The number of hydrogen-bond acceptors (Lipinski definition) is 1. The minimum absolute atomic E-state index is 0.0769. The molecule has 1 aromatic carbocycles. The Kier molecular flexibility index (Phi) is 2.00. The standard InChI is InChI=1S/C10H10FNO/c11-8-3-1-7(2-4-8)9-5-6-10(13)12-9/h1-4,9H,5-6H2,(H,12,13)/t9-/m1/s1. The number of hydrogen-bond donors (Lipinski definition) is 1. The molecule has 0 spiro atoms. The van der Waals surface area contributed by atoms with Gasteiger partial charge in [0, 0.05) is 6.42 Å². The summed E-state index contributed by atoms with van der Waals surface area (Å²) in [7, 11) is 0. The van der Waals surface area contributed by atoms with E-state index in [4.69, 9.17) is 0 Å². The molecule has 1 amide bonds. The highest BCUT2D eigenvalue weighted by molar-refractivity contribution is 5.78. The predicted molar refractivity (Wildman–Crippen MR) is 46.5 cm³/mol. The lowest BCUT2D eigenvalue weighted by molar-refractivity contribution is -0.119. The molecule has 0 unspecified atom stereocenters. The molecule has 0 aromatic heterocycles. The molecule has 0 radical (unpaired) electrons. The predicted octanol–water partition coefficient (Wildman–Crippen LogP) is 1.78. The molecular weight excluding hydrogens is 169 g/mol. The van der Waals surface area contributed by atoms with Gasteiger partial charge in [-0.3, -0.25) is 4.79 Å². The van der Waals surface area contributed by atoms with E-state index in [9.17, 15) is 9.18 Å². The molecule has 1 N–H and O–H groups in total. The van der Waals surface area contributed by atoms with Gasteiger partial charge in [-0.15, -0.1) is 0 Å². The molecule has 68 valence electrons. The molecule has 3 heteroatoms. The third-order valence-corrected chi connectivity index (χ3v) is 2.27. The molecule has 1 fully saturated rings. The van der Waals surface area contributed by atoms with E-state index < -0.39 is 0 Å². The monoisotopic (exact) mass is 179 g/mol. The van der Waals surface area contributed by atoms with Crippen molar-refractivity contribution >= 4 is 5.91 Å². The molecule has 1 aromatic rings. The van der Waals surface area contributed by atoms with Crippen molar-refractivity contribution in [3.63, 3.8) is 0 Å². The van der Waals surface area contributed by atoms with Gasteiger partial charge in [0.25, 0.3) is 0 Å². The highest BCUT2D eigenvalue weighted by Crippen LogP contribution is 2.23. The van der Waals surface area contributed by atoms with Gasteiger partial charge in [0.2, 0.25) is 5.91 Å². The van der Waals surface area contributed by atoms with Gasteiger partial charge in [-0.2, -0.15) is 0 Å². The van der Waals surface area contributed by atoms with E-state index in [-0.39, 0.29) is 17.8 Å². The van der Waals surface area contributed by atoms with E-state index in [2.05, 4.69) is 5.32 Å². The second-order valence-electron chi connectivity index (χ2n) is 3.21. The Labute approximate surface area is 75.8 Å². The summed E-state index contributed by atoms with van der Waals surface area (Å²) in [6, 6.07) is 6.34. The molecule has 0 aliphatic carbocycles. The second-order valence-corrected chi connectivity index (χ2v) is 3.21. The highest BCUT2D eigenvalue weighted by Gasteiger charge is 2.21. The zero-order chi connectivity index (χ0) is 9.26. The van der Waals surface area contributed by atoms with Crippen molar-refractivity contribution in [3.05, 3.63) is 35.6 Å². The Balaban J connectivity index is 2.17. The summed E-state index contributed by atoms with van der Waals surface area (Å²) in [5, 5.41) is 2.83. The quantitative estimate of drug-likeness (QED) is 0.699. The Morgan fingerprint density at radius 2 is 2.00 bits per heavy atom. The maximum absolute atomic E-state index is 12.6. The molecule has 0 bridgehead atoms. The summed E-state index contributed by atoms with van der Waals surface area (Å²) in [6.45, 7) is 0. The van der Waals surface area contributed by atoms with Gasteiger partial charge in [0.05, 0.1) is 6.04 Å². The van der Waals surface area contributed by atoms with Crippen molar-refractivity contribution in [1.82, 2.24) is 5.32 Å². The van der Waals surface area contributed by atoms with Gasteiger partial charge in [-0.1, -0.05) is 12.1 Å². The van der Waals surface area contributed by atoms with Gasteiger partial charge in [-0.05, 0) is 24.1 Å². The summed E-state index contributed by atoms with van der Waals surface area (Å²) in [5.41, 5.74) is 0.979. The van der Waals surface area contributed by atoms with Gasteiger partial charge in [0.1, 0.15) is 5.82 Å². The van der Waals surface area contributed by atoms with Crippen molar-refractivity contribution in [2.24, 2.45) is 0 Å². The van der Waals surface area contributed by atoms with Crippen molar-refractivity contribution in [3.8, 4) is 0 Å². The van der Waals surface area contributed by atoms with Crippen molar-refractivity contribution in [2.75, 3.05) is 0 Å². The maximum Gasteiger partial charge on any atom is 0.220 e. The third-order valence-electron chi connectivity index (χ3n) is 2.27. The summed E-state index contributed by atoms with van der Waals surface area (Å²) >= 11 is 0. The normalized spacial score (nSPS) is 21.6. The van der Waals surface area contributed by atoms with Crippen LogP contribution in [0.25, 0.3) is 0 Å². The van der Waals surface area contributed by atoms with E-state index in [1.54, 1.807) is 12.1 Å². The first-order valence-electron chi connectivity index (χ1n) is 4.30. The van der Waals surface area contributed by atoms with E-state index in [0.717, 1.165) is 12.0 Å². The van der Waals surface area contributed by atoms with Gasteiger partial charge in [0.15, 0.2) is 0 Å². The van der Waals surface area contributed by atoms with Crippen LogP contribution in [0.1, 0.15) is 24.4 Å². The lowest BCUT2D eigenvalue weighted by Gasteiger charge is -2.09. The molecular formula is C10H10FNO. The molecule has 2 nitrogen and oxygen atoms in total. The van der Waals surface area contributed by atoms with Crippen LogP contribution in [0.3, 0.4) is 0 Å². The molecule has 1 atom stereocenters. The zero-order valence-corrected chi connectivity index (χ0v) is 7.09. The topological polar surface area (TPSA) is 29.1 Å². The van der Waals surface area contributed by atoms with E-state index in [1.807, 2.05) is 0 Å². The Hall–Kier alpha value is -1.38. The number of carbonyl (C=O) groups excluding carboxylic acids is 1. The first-order valence-corrected chi connectivity index (χ1v) is 4.30. The summed E-state index contributed by atoms with van der Waals surface area (Å²) in [4.78, 5) is 10.9. The van der Waals surface area contributed by atoms with Crippen molar-refractivity contribution in [1.29, 1.82) is 0 Å². The van der Waals surface area contributed by atoms with Crippen LogP contribution in [0.4, 0.5) is 4.39 Å². The number of carbonyl (C=O) groups is 1. The fourth-order valence-electron chi connectivity index (χ4n) is 1.56. The molecule has 1 saturated heterocycles. The van der Waals surface area contributed by atoms with Gasteiger partial charge < -0.3 is 5.32 Å². The molecule has 0 saturated carbocycles. The molecule has 13 heavy (non-hydrogen) atoms. The SMILES string of the molecule is O=C1CC[C@H](c2ccc(F)cc2)N1. The Morgan fingerprint density at radius 3 is 2.54 bits per heavy atom. The third kappa shape index (κ3) is 1.69. The molecule has 2 rings (SSSR count). The molecule has 1 heterocycles. The Morgan fingerprint density at radius 1 is 1.31 bits per heavy atom. The highest BCUT2D eigenvalue weighted by atomic mass is 19.1. The average molecular weight is 179 g/mol. The van der Waals surface area contributed by atoms with E-state index in [1.165, 1.54) is 12.1 Å². The lowest BCUT2D eigenvalue weighted by atomic mass is 10.1. The van der Waals surface area contributed by atoms with Crippen LogP contribution in [0.15, 0.2) is 24.3 Å². The lowest BCUT2D eigenvalue weighted by Crippen LogP contribution is -2.18. The number of benzene rings is 1. The van der Waals surface area contributed by atoms with E-state index in [0.29, 0.717) is 6.42 Å². The number of nitrogens with one attached hydrogen (secondary N) is 1. The largest absolute Gasteiger partial charge is 0.349 e.